The molecule has 0 saturated carbocycles. The summed E-state index contributed by atoms with van der Waals surface area (Å²) in [5.74, 6) is -0.111. The minimum atomic E-state index is -0.214. The van der Waals surface area contributed by atoms with Crippen molar-refractivity contribution in [2.45, 2.75) is 44.8 Å². The number of nitrogens with zero attached hydrogens (tertiary/aromatic N) is 3. The number of thiophene rings is 1. The van der Waals surface area contributed by atoms with Crippen LogP contribution in [-0.4, -0.2) is 38.9 Å². The fourth-order valence-corrected chi connectivity index (χ4v) is 5.29. The molecule has 0 aliphatic carbocycles. The topological polar surface area (TPSA) is 69.0 Å². The van der Waals surface area contributed by atoms with E-state index < -0.39 is 0 Å². The van der Waals surface area contributed by atoms with Gasteiger partial charge in [-0.15, -0.1) is 11.3 Å². The van der Waals surface area contributed by atoms with Gasteiger partial charge in [0.1, 0.15) is 10.5 Å². The quantitative estimate of drug-likeness (QED) is 0.456. The zero-order chi connectivity index (χ0) is 23.0. The number of amides is 1. The van der Waals surface area contributed by atoms with Crippen LogP contribution in [0.2, 0.25) is 0 Å². The third-order valence-corrected chi connectivity index (χ3v) is 6.95. The van der Waals surface area contributed by atoms with Crippen molar-refractivity contribution < 1.29 is 9.53 Å². The Kier molecular flexibility index (Phi) is 5.76. The van der Waals surface area contributed by atoms with Crippen molar-refractivity contribution in [1.29, 1.82) is 0 Å². The summed E-state index contributed by atoms with van der Waals surface area (Å²) in [5, 5.41) is 10.8. The van der Waals surface area contributed by atoms with Crippen molar-refractivity contribution in [3.05, 3.63) is 70.9 Å². The maximum Gasteiger partial charge on any atom is 0.270 e. The summed E-state index contributed by atoms with van der Waals surface area (Å²) in [4.78, 5) is 18.6. The van der Waals surface area contributed by atoms with E-state index >= 15 is 0 Å². The molecule has 1 atom stereocenters. The number of pyridine rings is 1. The second-order valence-corrected chi connectivity index (χ2v) is 10.2. The molecule has 1 aliphatic rings. The van der Waals surface area contributed by atoms with Crippen LogP contribution >= 0.6 is 11.3 Å². The van der Waals surface area contributed by atoms with Gasteiger partial charge in [-0.2, -0.15) is 5.10 Å². The standard InChI is InChI=1S/C26H28N4O2S/c1-26(2)16-20(9-12-32-26)27-24(31)23-15-19(21-10-13-33-25(21)28-23)14-17-4-6-18(7-5-17)22-8-11-30(3)29-22/h4-8,10-11,13,15,20H,9,12,14,16H2,1-3H3,(H,27,31). The van der Waals surface area contributed by atoms with Crippen molar-refractivity contribution >= 4 is 27.5 Å². The molecule has 4 heterocycles. The lowest BCUT2D eigenvalue weighted by Gasteiger charge is -2.35. The maximum atomic E-state index is 13.1. The Labute approximate surface area is 197 Å². The van der Waals surface area contributed by atoms with Gasteiger partial charge in [-0.3, -0.25) is 9.48 Å². The second-order valence-electron chi connectivity index (χ2n) is 9.33. The van der Waals surface area contributed by atoms with Crippen LogP contribution in [0, 0.1) is 0 Å². The van der Waals surface area contributed by atoms with Crippen LogP contribution < -0.4 is 5.32 Å². The number of hydrogen-bond acceptors (Lipinski definition) is 5. The highest BCUT2D eigenvalue weighted by atomic mass is 32.1. The third-order valence-electron chi connectivity index (χ3n) is 6.15. The lowest BCUT2D eigenvalue weighted by Crippen LogP contribution is -2.46. The van der Waals surface area contributed by atoms with E-state index in [0.717, 1.165) is 46.3 Å². The predicted molar refractivity (Wildman–Crippen MR) is 132 cm³/mol. The van der Waals surface area contributed by atoms with Crippen LogP contribution in [0.5, 0.6) is 0 Å². The average Bonchev–Trinajstić information content (AvgIpc) is 3.42. The van der Waals surface area contributed by atoms with E-state index in [0.29, 0.717) is 12.3 Å². The number of fused-ring (bicyclic) bond motifs is 1. The number of nitrogens with one attached hydrogen (secondary N) is 1. The summed E-state index contributed by atoms with van der Waals surface area (Å²) in [6, 6.07) is 14.6. The van der Waals surface area contributed by atoms with Gasteiger partial charge in [0.2, 0.25) is 0 Å². The Morgan fingerprint density at radius 2 is 2.06 bits per heavy atom. The van der Waals surface area contributed by atoms with Crippen molar-refractivity contribution in [1.82, 2.24) is 20.1 Å². The highest BCUT2D eigenvalue weighted by Crippen LogP contribution is 2.28. The predicted octanol–water partition coefficient (Wildman–Crippen LogP) is 4.98. The SMILES string of the molecule is Cn1ccc(-c2ccc(Cc3cc(C(=O)NC4CCOC(C)(C)C4)nc4sccc34)cc2)n1. The number of carbonyl (C=O) groups is 1. The molecule has 1 aromatic carbocycles. The first-order valence-electron chi connectivity index (χ1n) is 11.3. The summed E-state index contributed by atoms with van der Waals surface area (Å²) < 4.78 is 7.59. The van der Waals surface area contributed by atoms with Crippen molar-refractivity contribution in [2.24, 2.45) is 7.05 Å². The molecular formula is C26H28N4O2S. The highest BCUT2D eigenvalue weighted by Gasteiger charge is 2.30. The lowest BCUT2D eigenvalue weighted by atomic mass is 9.94. The van der Waals surface area contributed by atoms with E-state index in [1.54, 1.807) is 16.0 Å². The van der Waals surface area contributed by atoms with Gasteiger partial charge < -0.3 is 10.1 Å². The van der Waals surface area contributed by atoms with Gasteiger partial charge in [0.15, 0.2) is 0 Å². The largest absolute Gasteiger partial charge is 0.375 e. The first kappa shape index (κ1) is 21.8. The molecule has 5 rings (SSSR count). The van der Waals surface area contributed by atoms with E-state index in [2.05, 4.69) is 59.6 Å². The molecule has 1 saturated heterocycles. The zero-order valence-corrected chi connectivity index (χ0v) is 20.0. The number of benzene rings is 1. The van der Waals surface area contributed by atoms with E-state index in [4.69, 9.17) is 4.74 Å². The number of carbonyl (C=O) groups excluding carboxylic acids is 1. The van der Waals surface area contributed by atoms with Gasteiger partial charge in [0.05, 0.1) is 11.3 Å². The van der Waals surface area contributed by atoms with Gasteiger partial charge in [0.25, 0.3) is 5.91 Å². The smallest absolute Gasteiger partial charge is 0.270 e. The molecule has 0 bridgehead atoms. The van der Waals surface area contributed by atoms with Crippen molar-refractivity contribution in [2.75, 3.05) is 6.61 Å². The number of ether oxygens (including phenoxy) is 1. The Hall–Kier alpha value is -3.03. The van der Waals surface area contributed by atoms with Crippen molar-refractivity contribution in [3.8, 4) is 11.3 Å². The van der Waals surface area contributed by atoms with Crippen LogP contribution in [0.4, 0.5) is 0 Å². The number of aromatic nitrogens is 3. The van der Waals surface area contributed by atoms with E-state index in [1.165, 1.54) is 5.56 Å². The van der Waals surface area contributed by atoms with Gasteiger partial charge in [-0.25, -0.2) is 4.98 Å². The van der Waals surface area contributed by atoms with Gasteiger partial charge >= 0.3 is 0 Å². The Balaban J connectivity index is 1.37. The van der Waals surface area contributed by atoms with Crippen LogP contribution in [0.3, 0.4) is 0 Å². The summed E-state index contributed by atoms with van der Waals surface area (Å²) in [6.07, 6.45) is 4.31. The molecule has 3 aromatic heterocycles. The molecule has 6 nitrogen and oxygen atoms in total. The number of hydrogen-bond donors (Lipinski definition) is 1. The Morgan fingerprint density at radius 3 is 2.79 bits per heavy atom. The van der Waals surface area contributed by atoms with Gasteiger partial charge in [-0.1, -0.05) is 24.3 Å². The molecule has 4 aromatic rings. The molecular weight excluding hydrogens is 432 g/mol. The van der Waals surface area contributed by atoms with Gasteiger partial charge in [0, 0.05) is 36.8 Å². The molecule has 170 valence electrons. The minimum Gasteiger partial charge on any atom is -0.375 e. The molecule has 1 amide bonds. The van der Waals surface area contributed by atoms with Crippen LogP contribution in [0.1, 0.15) is 48.3 Å². The Morgan fingerprint density at radius 1 is 1.24 bits per heavy atom. The lowest BCUT2D eigenvalue weighted by molar-refractivity contribution is -0.0615. The van der Waals surface area contributed by atoms with Gasteiger partial charge in [-0.05, 0) is 67.8 Å². The van der Waals surface area contributed by atoms with Crippen LogP contribution in [-0.2, 0) is 18.2 Å². The fourth-order valence-electron chi connectivity index (χ4n) is 4.48. The molecule has 1 unspecified atom stereocenters. The molecule has 0 spiro atoms. The monoisotopic (exact) mass is 460 g/mol. The summed E-state index contributed by atoms with van der Waals surface area (Å²) in [6.45, 7) is 4.80. The summed E-state index contributed by atoms with van der Waals surface area (Å²) in [5.41, 5.74) is 4.62. The fraction of sp³-hybridized carbons (Fsp3) is 0.346. The zero-order valence-electron chi connectivity index (χ0n) is 19.2. The molecule has 1 fully saturated rings. The van der Waals surface area contributed by atoms with Crippen LogP contribution in [0.15, 0.2) is 54.0 Å². The second kappa shape index (κ2) is 8.72. The molecule has 33 heavy (non-hydrogen) atoms. The normalized spacial score (nSPS) is 17.8. The average molecular weight is 461 g/mol. The Bertz CT molecular complexity index is 1290. The van der Waals surface area contributed by atoms with E-state index in [-0.39, 0.29) is 17.6 Å². The molecule has 7 heteroatoms. The number of aryl methyl sites for hydroxylation is 1. The first-order valence-corrected chi connectivity index (χ1v) is 12.2. The minimum absolute atomic E-state index is 0.102. The van der Waals surface area contributed by atoms with E-state index in [9.17, 15) is 4.79 Å². The maximum absolute atomic E-state index is 13.1. The van der Waals surface area contributed by atoms with E-state index in [1.807, 2.05) is 30.8 Å². The summed E-state index contributed by atoms with van der Waals surface area (Å²) in [7, 11) is 1.92. The molecule has 0 radical (unpaired) electrons. The molecule has 1 N–H and O–H groups in total. The van der Waals surface area contributed by atoms with Crippen molar-refractivity contribution in [3.63, 3.8) is 0 Å². The third kappa shape index (κ3) is 4.84. The number of rotatable bonds is 5. The summed E-state index contributed by atoms with van der Waals surface area (Å²) >= 11 is 1.57. The molecule has 1 aliphatic heterocycles. The first-order chi connectivity index (χ1) is 15.9. The van der Waals surface area contributed by atoms with Crippen LogP contribution in [0.25, 0.3) is 21.5 Å². The highest BCUT2D eigenvalue weighted by molar-refractivity contribution is 7.16.